The average molecular weight is 281 g/mol. The number of hydrogen-bond donors (Lipinski definition) is 2. The van der Waals surface area contributed by atoms with Crippen LogP contribution in [0.2, 0.25) is 0 Å². The van der Waals surface area contributed by atoms with E-state index < -0.39 is 0 Å². The summed E-state index contributed by atoms with van der Waals surface area (Å²) in [6.07, 6.45) is 5.00. The van der Waals surface area contributed by atoms with E-state index in [1.165, 1.54) is 31.2 Å². The monoisotopic (exact) mass is 281 g/mol. The van der Waals surface area contributed by atoms with Gasteiger partial charge in [0.2, 0.25) is 0 Å². The van der Waals surface area contributed by atoms with E-state index in [-0.39, 0.29) is 0 Å². The van der Waals surface area contributed by atoms with Gasteiger partial charge in [0.1, 0.15) is 5.75 Å². The number of hydrogen-bond acceptors (Lipinski definition) is 2. The van der Waals surface area contributed by atoms with Crippen molar-refractivity contribution in [3.05, 3.63) is 65.7 Å². The molecule has 1 aliphatic carbocycles. The standard InChI is InChI=1S/C19H23NO/c21-19-8-4-5-15(13-19)14-20-18-11-9-17(10-12-18)16-6-2-1-3-7-16/h1-8,13,17-18,20-21H,9-12,14H2. The van der Waals surface area contributed by atoms with E-state index in [9.17, 15) is 5.11 Å². The first-order valence-corrected chi connectivity index (χ1v) is 7.87. The molecule has 0 spiro atoms. The smallest absolute Gasteiger partial charge is 0.115 e. The summed E-state index contributed by atoms with van der Waals surface area (Å²) in [6, 6.07) is 19.0. The molecule has 1 saturated carbocycles. The predicted octanol–water partition coefficient (Wildman–Crippen LogP) is 4.21. The quantitative estimate of drug-likeness (QED) is 0.880. The lowest BCUT2D eigenvalue weighted by Gasteiger charge is -2.29. The molecule has 2 heteroatoms. The van der Waals surface area contributed by atoms with Crippen LogP contribution in [-0.2, 0) is 6.54 Å². The first kappa shape index (κ1) is 14.2. The molecule has 3 rings (SSSR count). The highest BCUT2D eigenvalue weighted by atomic mass is 16.3. The molecule has 21 heavy (non-hydrogen) atoms. The second-order valence-corrected chi connectivity index (χ2v) is 6.01. The normalized spacial score (nSPS) is 22.1. The Kier molecular flexibility index (Phi) is 4.56. The van der Waals surface area contributed by atoms with Gasteiger partial charge in [0.25, 0.3) is 0 Å². The zero-order chi connectivity index (χ0) is 14.5. The summed E-state index contributed by atoms with van der Waals surface area (Å²) < 4.78 is 0. The molecular formula is C19H23NO. The minimum Gasteiger partial charge on any atom is -0.508 e. The van der Waals surface area contributed by atoms with Gasteiger partial charge < -0.3 is 10.4 Å². The van der Waals surface area contributed by atoms with Crippen LogP contribution in [0.4, 0.5) is 0 Å². The van der Waals surface area contributed by atoms with E-state index >= 15 is 0 Å². The molecule has 0 aromatic heterocycles. The van der Waals surface area contributed by atoms with Gasteiger partial charge in [-0.2, -0.15) is 0 Å². The lowest BCUT2D eigenvalue weighted by Crippen LogP contribution is -2.32. The summed E-state index contributed by atoms with van der Waals surface area (Å²) in [7, 11) is 0. The molecule has 0 unspecified atom stereocenters. The van der Waals surface area contributed by atoms with Crippen LogP contribution < -0.4 is 5.32 Å². The zero-order valence-electron chi connectivity index (χ0n) is 12.3. The fourth-order valence-corrected chi connectivity index (χ4v) is 3.28. The summed E-state index contributed by atoms with van der Waals surface area (Å²) in [4.78, 5) is 0. The first-order valence-electron chi connectivity index (χ1n) is 7.87. The van der Waals surface area contributed by atoms with Gasteiger partial charge in [0, 0.05) is 12.6 Å². The van der Waals surface area contributed by atoms with Crippen molar-refractivity contribution < 1.29 is 5.11 Å². The predicted molar refractivity (Wildman–Crippen MR) is 86.4 cm³/mol. The maximum Gasteiger partial charge on any atom is 0.115 e. The van der Waals surface area contributed by atoms with Gasteiger partial charge in [-0.3, -0.25) is 0 Å². The molecule has 0 atom stereocenters. The molecule has 0 saturated heterocycles. The number of phenols is 1. The maximum absolute atomic E-state index is 9.48. The molecular weight excluding hydrogens is 258 g/mol. The van der Waals surface area contributed by atoms with Gasteiger partial charge in [-0.1, -0.05) is 42.5 Å². The van der Waals surface area contributed by atoms with E-state index in [4.69, 9.17) is 0 Å². The first-order chi connectivity index (χ1) is 10.3. The highest BCUT2D eigenvalue weighted by Crippen LogP contribution is 2.32. The lowest BCUT2D eigenvalue weighted by molar-refractivity contribution is 0.341. The van der Waals surface area contributed by atoms with Crippen molar-refractivity contribution in [3.63, 3.8) is 0 Å². The van der Waals surface area contributed by atoms with Crippen molar-refractivity contribution >= 4 is 0 Å². The van der Waals surface area contributed by atoms with Crippen LogP contribution in [0.15, 0.2) is 54.6 Å². The third kappa shape index (κ3) is 3.85. The third-order valence-electron chi connectivity index (χ3n) is 4.50. The van der Waals surface area contributed by atoms with Crippen molar-refractivity contribution in [2.45, 2.75) is 44.2 Å². The topological polar surface area (TPSA) is 32.3 Å². The van der Waals surface area contributed by atoms with E-state index in [2.05, 4.69) is 41.7 Å². The molecule has 1 aliphatic rings. The van der Waals surface area contributed by atoms with Crippen molar-refractivity contribution in [1.29, 1.82) is 0 Å². The van der Waals surface area contributed by atoms with Gasteiger partial charge in [0.05, 0.1) is 0 Å². The molecule has 2 aromatic rings. The molecule has 2 nitrogen and oxygen atoms in total. The second kappa shape index (κ2) is 6.77. The number of rotatable bonds is 4. The van der Waals surface area contributed by atoms with Crippen LogP contribution >= 0.6 is 0 Å². The average Bonchev–Trinajstić information content (AvgIpc) is 2.54. The fraction of sp³-hybridized carbons (Fsp3) is 0.368. The van der Waals surface area contributed by atoms with E-state index in [1.807, 2.05) is 12.1 Å². The Morgan fingerprint density at radius 2 is 1.67 bits per heavy atom. The fourth-order valence-electron chi connectivity index (χ4n) is 3.28. The van der Waals surface area contributed by atoms with Gasteiger partial charge in [-0.25, -0.2) is 0 Å². The SMILES string of the molecule is Oc1cccc(CNC2CCC(c3ccccc3)CC2)c1. The Morgan fingerprint density at radius 1 is 0.905 bits per heavy atom. The third-order valence-corrected chi connectivity index (χ3v) is 4.50. The maximum atomic E-state index is 9.48. The molecule has 0 heterocycles. The Hall–Kier alpha value is -1.80. The molecule has 0 amide bonds. The summed E-state index contributed by atoms with van der Waals surface area (Å²) in [6.45, 7) is 0.842. The van der Waals surface area contributed by atoms with E-state index in [0.717, 1.165) is 18.0 Å². The van der Waals surface area contributed by atoms with E-state index in [0.29, 0.717) is 11.8 Å². The Bertz CT molecular complexity index is 559. The summed E-state index contributed by atoms with van der Waals surface area (Å²) >= 11 is 0. The minimum atomic E-state index is 0.349. The molecule has 0 bridgehead atoms. The Balaban J connectivity index is 1.48. The molecule has 2 N–H and O–H groups in total. The van der Waals surface area contributed by atoms with Crippen molar-refractivity contribution in [1.82, 2.24) is 5.32 Å². The van der Waals surface area contributed by atoms with Crippen LogP contribution in [0.1, 0.15) is 42.7 Å². The van der Waals surface area contributed by atoms with Crippen molar-refractivity contribution in [2.75, 3.05) is 0 Å². The van der Waals surface area contributed by atoms with Crippen molar-refractivity contribution in [3.8, 4) is 5.75 Å². The highest BCUT2D eigenvalue weighted by molar-refractivity contribution is 5.27. The number of aromatic hydroxyl groups is 1. The van der Waals surface area contributed by atoms with Gasteiger partial charge in [0.15, 0.2) is 0 Å². The molecule has 1 fully saturated rings. The van der Waals surface area contributed by atoms with Crippen LogP contribution in [-0.4, -0.2) is 11.1 Å². The second-order valence-electron chi connectivity index (χ2n) is 6.01. The number of nitrogens with one attached hydrogen (secondary N) is 1. The lowest BCUT2D eigenvalue weighted by atomic mass is 9.82. The van der Waals surface area contributed by atoms with Gasteiger partial charge >= 0.3 is 0 Å². The molecule has 0 aliphatic heterocycles. The molecule has 0 radical (unpaired) electrons. The van der Waals surface area contributed by atoms with Gasteiger partial charge in [-0.05, 0) is 54.9 Å². The summed E-state index contributed by atoms with van der Waals surface area (Å²) in [5.74, 6) is 1.08. The zero-order valence-corrected chi connectivity index (χ0v) is 12.3. The van der Waals surface area contributed by atoms with Crippen LogP contribution in [0.5, 0.6) is 5.75 Å². The minimum absolute atomic E-state index is 0.349. The van der Waals surface area contributed by atoms with E-state index in [1.54, 1.807) is 6.07 Å². The summed E-state index contributed by atoms with van der Waals surface area (Å²) in [5, 5.41) is 13.1. The molecule has 2 aromatic carbocycles. The Labute approximate surface area is 126 Å². The van der Waals surface area contributed by atoms with Crippen LogP contribution in [0.25, 0.3) is 0 Å². The van der Waals surface area contributed by atoms with Crippen molar-refractivity contribution in [2.24, 2.45) is 0 Å². The van der Waals surface area contributed by atoms with Crippen LogP contribution in [0.3, 0.4) is 0 Å². The Morgan fingerprint density at radius 3 is 2.38 bits per heavy atom. The largest absolute Gasteiger partial charge is 0.508 e. The van der Waals surface area contributed by atoms with Crippen LogP contribution in [0, 0.1) is 0 Å². The summed E-state index contributed by atoms with van der Waals surface area (Å²) in [5.41, 5.74) is 2.64. The highest BCUT2D eigenvalue weighted by Gasteiger charge is 2.21. The molecule has 110 valence electrons. The number of phenolic OH excluding ortho intramolecular Hbond substituents is 1. The van der Waals surface area contributed by atoms with Gasteiger partial charge in [-0.15, -0.1) is 0 Å². The number of benzene rings is 2.